The molecule has 0 saturated carbocycles. The van der Waals surface area contributed by atoms with Gasteiger partial charge in [-0.05, 0) is 18.4 Å². The highest BCUT2D eigenvalue weighted by atomic mass is 35.5. The number of amides is 1. The van der Waals surface area contributed by atoms with Gasteiger partial charge in [0, 0.05) is 18.3 Å². The van der Waals surface area contributed by atoms with Crippen LogP contribution in [0.5, 0.6) is 0 Å². The topological polar surface area (TPSA) is 20.3 Å². The smallest absolute Gasteiger partial charge is 0.245 e. The van der Waals surface area contributed by atoms with Crippen molar-refractivity contribution >= 4 is 23.2 Å². The number of rotatable bonds is 2. The molecule has 1 aromatic rings. The van der Waals surface area contributed by atoms with Gasteiger partial charge in [0.05, 0.1) is 0 Å². The number of hydrogen-bond acceptors (Lipinski definition) is 1. The maximum absolute atomic E-state index is 11.9. The Labute approximate surface area is 107 Å². The van der Waals surface area contributed by atoms with Crippen LogP contribution in [0, 0.1) is 0 Å². The van der Waals surface area contributed by atoms with Crippen molar-refractivity contribution in [3.8, 4) is 0 Å². The van der Waals surface area contributed by atoms with Crippen LogP contribution in [0.2, 0.25) is 0 Å². The fourth-order valence-corrected chi connectivity index (χ4v) is 2.39. The largest absolute Gasteiger partial charge is 0.314 e. The molecule has 0 aliphatic carbocycles. The SMILES string of the molecule is CCc1ccccc1C1=CCC(Cl)C(=O)N1C. The quantitative estimate of drug-likeness (QED) is 0.738. The number of benzene rings is 1. The van der Waals surface area contributed by atoms with Crippen LogP contribution in [0.25, 0.3) is 5.70 Å². The van der Waals surface area contributed by atoms with Crippen LogP contribution >= 0.6 is 11.6 Å². The van der Waals surface area contributed by atoms with Crippen LogP contribution in [-0.4, -0.2) is 23.2 Å². The van der Waals surface area contributed by atoms with Gasteiger partial charge in [0.1, 0.15) is 5.38 Å². The van der Waals surface area contributed by atoms with Gasteiger partial charge >= 0.3 is 0 Å². The summed E-state index contributed by atoms with van der Waals surface area (Å²) in [6, 6.07) is 8.18. The lowest BCUT2D eigenvalue weighted by molar-refractivity contribution is -0.126. The number of allylic oxidation sites excluding steroid dienone is 1. The second-order valence-corrected chi connectivity index (χ2v) is 4.73. The molecule has 1 atom stereocenters. The molecule has 0 fully saturated rings. The molecule has 0 radical (unpaired) electrons. The maximum atomic E-state index is 11.9. The number of aryl methyl sites for hydroxylation is 1. The second-order valence-electron chi connectivity index (χ2n) is 4.20. The van der Waals surface area contributed by atoms with Gasteiger partial charge in [-0.1, -0.05) is 37.3 Å². The van der Waals surface area contributed by atoms with Crippen LogP contribution in [0.3, 0.4) is 0 Å². The molecule has 1 unspecified atom stereocenters. The first-order valence-electron chi connectivity index (χ1n) is 5.85. The Kier molecular flexibility index (Phi) is 3.53. The van der Waals surface area contributed by atoms with E-state index in [0.29, 0.717) is 6.42 Å². The van der Waals surface area contributed by atoms with E-state index in [4.69, 9.17) is 11.6 Å². The Morgan fingerprint density at radius 1 is 1.41 bits per heavy atom. The van der Waals surface area contributed by atoms with Gasteiger partial charge in [0.2, 0.25) is 5.91 Å². The average Bonchev–Trinajstić information content (AvgIpc) is 2.36. The molecule has 1 aliphatic heterocycles. The molecule has 0 spiro atoms. The third-order valence-electron chi connectivity index (χ3n) is 3.15. The molecule has 0 bridgehead atoms. The highest BCUT2D eigenvalue weighted by Crippen LogP contribution is 2.28. The molecule has 0 N–H and O–H groups in total. The third-order valence-corrected chi connectivity index (χ3v) is 3.52. The summed E-state index contributed by atoms with van der Waals surface area (Å²) in [5.41, 5.74) is 3.37. The molecule has 2 nitrogen and oxygen atoms in total. The minimum Gasteiger partial charge on any atom is -0.314 e. The number of alkyl halides is 1. The van der Waals surface area contributed by atoms with Gasteiger partial charge in [-0.3, -0.25) is 4.79 Å². The van der Waals surface area contributed by atoms with Gasteiger partial charge in [0.25, 0.3) is 0 Å². The van der Waals surface area contributed by atoms with Crippen molar-refractivity contribution in [2.75, 3.05) is 7.05 Å². The number of nitrogens with zero attached hydrogens (tertiary/aromatic N) is 1. The van der Waals surface area contributed by atoms with E-state index < -0.39 is 5.38 Å². The Morgan fingerprint density at radius 2 is 2.12 bits per heavy atom. The molecule has 1 amide bonds. The second kappa shape index (κ2) is 4.92. The molecule has 90 valence electrons. The van der Waals surface area contributed by atoms with Crippen molar-refractivity contribution in [2.24, 2.45) is 0 Å². The lowest BCUT2D eigenvalue weighted by Gasteiger charge is -2.28. The van der Waals surface area contributed by atoms with E-state index in [1.807, 2.05) is 18.2 Å². The van der Waals surface area contributed by atoms with Crippen molar-refractivity contribution in [3.05, 3.63) is 41.5 Å². The number of carbonyl (C=O) groups excluding carboxylic acids is 1. The van der Waals surface area contributed by atoms with Gasteiger partial charge < -0.3 is 4.90 Å². The highest BCUT2D eigenvalue weighted by molar-refractivity contribution is 6.31. The first-order valence-corrected chi connectivity index (χ1v) is 6.29. The van der Waals surface area contributed by atoms with E-state index in [2.05, 4.69) is 19.1 Å². The monoisotopic (exact) mass is 249 g/mol. The first-order chi connectivity index (χ1) is 8.15. The van der Waals surface area contributed by atoms with Crippen molar-refractivity contribution in [3.63, 3.8) is 0 Å². The lowest BCUT2D eigenvalue weighted by atomic mass is 9.98. The fourth-order valence-electron chi connectivity index (χ4n) is 2.15. The Hall–Kier alpha value is -1.28. The average molecular weight is 250 g/mol. The molecule has 17 heavy (non-hydrogen) atoms. The zero-order valence-electron chi connectivity index (χ0n) is 10.1. The predicted molar refractivity (Wildman–Crippen MR) is 70.8 cm³/mol. The fraction of sp³-hybridized carbons (Fsp3) is 0.357. The van der Waals surface area contributed by atoms with Crippen LogP contribution < -0.4 is 0 Å². The normalized spacial score (nSPS) is 20.4. The summed E-state index contributed by atoms with van der Waals surface area (Å²) in [6.07, 6.45) is 3.62. The van der Waals surface area contributed by atoms with Gasteiger partial charge in [0.15, 0.2) is 0 Å². The molecule has 2 rings (SSSR count). The standard InChI is InChI=1S/C14H16ClNO/c1-3-10-6-4-5-7-11(10)13-9-8-12(15)14(17)16(13)2/h4-7,9,12H,3,8H2,1-2H3. The molecule has 0 aromatic heterocycles. The molecule has 0 saturated heterocycles. The summed E-state index contributed by atoms with van der Waals surface area (Å²) in [5.74, 6) is -0.0185. The van der Waals surface area contributed by atoms with Crippen LogP contribution in [0.1, 0.15) is 24.5 Å². The third kappa shape index (κ3) is 2.22. The van der Waals surface area contributed by atoms with E-state index in [-0.39, 0.29) is 5.91 Å². The number of carbonyl (C=O) groups is 1. The molecule has 1 heterocycles. The Balaban J connectivity index is 2.43. The lowest BCUT2D eigenvalue weighted by Crippen LogP contribution is -2.35. The predicted octanol–water partition coefficient (Wildman–Crippen LogP) is 3.06. The maximum Gasteiger partial charge on any atom is 0.245 e. The van der Waals surface area contributed by atoms with E-state index in [0.717, 1.165) is 17.7 Å². The van der Waals surface area contributed by atoms with E-state index in [1.54, 1.807) is 11.9 Å². The summed E-state index contributed by atoms with van der Waals surface area (Å²) >= 11 is 5.95. The van der Waals surface area contributed by atoms with Crippen molar-refractivity contribution in [2.45, 2.75) is 25.1 Å². The Morgan fingerprint density at radius 3 is 2.82 bits per heavy atom. The first kappa shape index (κ1) is 12.2. The van der Waals surface area contributed by atoms with Crippen LogP contribution in [0.15, 0.2) is 30.3 Å². The number of hydrogen-bond donors (Lipinski definition) is 0. The zero-order valence-corrected chi connectivity index (χ0v) is 10.9. The molecule has 1 aromatic carbocycles. The summed E-state index contributed by atoms with van der Waals surface area (Å²) in [5, 5.41) is -0.419. The summed E-state index contributed by atoms with van der Waals surface area (Å²) in [6.45, 7) is 2.12. The van der Waals surface area contributed by atoms with E-state index >= 15 is 0 Å². The zero-order chi connectivity index (χ0) is 12.4. The van der Waals surface area contributed by atoms with Crippen molar-refractivity contribution < 1.29 is 4.79 Å². The molecule has 1 aliphatic rings. The van der Waals surface area contributed by atoms with Gasteiger partial charge in [-0.2, -0.15) is 0 Å². The summed E-state index contributed by atoms with van der Waals surface area (Å²) < 4.78 is 0. The minimum absolute atomic E-state index is 0.0185. The minimum atomic E-state index is -0.419. The van der Waals surface area contributed by atoms with Gasteiger partial charge in [-0.25, -0.2) is 0 Å². The number of halogens is 1. The van der Waals surface area contributed by atoms with E-state index in [9.17, 15) is 4.79 Å². The summed E-state index contributed by atoms with van der Waals surface area (Å²) in [4.78, 5) is 13.5. The highest BCUT2D eigenvalue weighted by Gasteiger charge is 2.27. The molecular formula is C14H16ClNO. The van der Waals surface area contributed by atoms with Crippen molar-refractivity contribution in [1.82, 2.24) is 4.90 Å². The van der Waals surface area contributed by atoms with E-state index in [1.165, 1.54) is 5.56 Å². The van der Waals surface area contributed by atoms with Crippen LogP contribution in [-0.2, 0) is 11.2 Å². The van der Waals surface area contributed by atoms with Crippen LogP contribution in [0.4, 0.5) is 0 Å². The van der Waals surface area contributed by atoms with Gasteiger partial charge in [-0.15, -0.1) is 11.6 Å². The Bertz CT molecular complexity index is 467. The molecule has 3 heteroatoms. The molecular weight excluding hydrogens is 234 g/mol. The summed E-state index contributed by atoms with van der Waals surface area (Å²) in [7, 11) is 1.79. The van der Waals surface area contributed by atoms with Crippen molar-refractivity contribution in [1.29, 1.82) is 0 Å².